The maximum atomic E-state index is 12.2. The first-order chi connectivity index (χ1) is 14.5. The lowest BCUT2D eigenvalue weighted by Gasteiger charge is -2.22. The number of carbonyl (C=O) groups excluding carboxylic acids is 3. The molecular formula is C23H27N3O4. The Kier molecular flexibility index (Phi) is 7.43. The van der Waals surface area contributed by atoms with Crippen molar-refractivity contribution in [2.45, 2.75) is 32.6 Å². The molecule has 0 aliphatic carbocycles. The van der Waals surface area contributed by atoms with Crippen LogP contribution in [0.1, 0.15) is 43.0 Å². The van der Waals surface area contributed by atoms with Crippen LogP contribution in [0.3, 0.4) is 0 Å². The van der Waals surface area contributed by atoms with Crippen LogP contribution in [0.4, 0.5) is 17.1 Å². The molecule has 0 bridgehead atoms. The average molecular weight is 409 g/mol. The van der Waals surface area contributed by atoms with Crippen LogP contribution in [-0.4, -0.2) is 37.5 Å². The van der Waals surface area contributed by atoms with Crippen molar-refractivity contribution < 1.29 is 19.1 Å². The van der Waals surface area contributed by atoms with E-state index >= 15 is 0 Å². The average Bonchev–Trinajstić information content (AvgIpc) is 3.02. The second-order valence-electron chi connectivity index (χ2n) is 7.33. The molecule has 158 valence electrons. The Morgan fingerprint density at radius 1 is 0.900 bits per heavy atom. The highest BCUT2D eigenvalue weighted by molar-refractivity contribution is 5.97. The van der Waals surface area contributed by atoms with Gasteiger partial charge in [-0.15, -0.1) is 0 Å². The number of esters is 1. The van der Waals surface area contributed by atoms with Crippen molar-refractivity contribution in [3.05, 3.63) is 54.1 Å². The van der Waals surface area contributed by atoms with E-state index in [2.05, 4.69) is 15.5 Å². The van der Waals surface area contributed by atoms with E-state index in [-0.39, 0.29) is 11.5 Å². The molecule has 0 spiro atoms. The minimum absolute atomic E-state index is 0.234. The van der Waals surface area contributed by atoms with Gasteiger partial charge >= 0.3 is 5.97 Å². The van der Waals surface area contributed by atoms with E-state index in [1.165, 1.54) is 38.7 Å². The third-order valence-corrected chi connectivity index (χ3v) is 4.88. The van der Waals surface area contributed by atoms with Gasteiger partial charge in [-0.1, -0.05) is 18.9 Å². The normalized spacial score (nSPS) is 13.8. The molecule has 0 unspecified atom stereocenters. The van der Waals surface area contributed by atoms with Gasteiger partial charge in [-0.05, 0) is 55.3 Å². The van der Waals surface area contributed by atoms with Gasteiger partial charge in [0.15, 0.2) is 6.61 Å². The number of anilines is 3. The third-order valence-electron chi connectivity index (χ3n) is 4.88. The monoisotopic (exact) mass is 409 g/mol. The highest BCUT2D eigenvalue weighted by Gasteiger charge is 2.13. The van der Waals surface area contributed by atoms with E-state index in [1.807, 2.05) is 24.3 Å². The van der Waals surface area contributed by atoms with Gasteiger partial charge in [-0.3, -0.25) is 9.59 Å². The van der Waals surface area contributed by atoms with Crippen LogP contribution in [0, 0.1) is 0 Å². The van der Waals surface area contributed by atoms with Crippen molar-refractivity contribution in [1.82, 2.24) is 0 Å². The van der Waals surface area contributed by atoms with Crippen molar-refractivity contribution >= 4 is 34.8 Å². The Morgan fingerprint density at radius 3 is 2.27 bits per heavy atom. The molecule has 0 saturated carbocycles. The fourth-order valence-corrected chi connectivity index (χ4v) is 3.42. The summed E-state index contributed by atoms with van der Waals surface area (Å²) in [5.74, 6) is -1.28. The van der Waals surface area contributed by atoms with Crippen molar-refractivity contribution in [1.29, 1.82) is 0 Å². The van der Waals surface area contributed by atoms with Crippen molar-refractivity contribution in [3.63, 3.8) is 0 Å². The topological polar surface area (TPSA) is 87.7 Å². The number of ether oxygens (including phenoxy) is 1. The van der Waals surface area contributed by atoms with E-state index in [4.69, 9.17) is 4.74 Å². The highest BCUT2D eigenvalue weighted by Crippen LogP contribution is 2.21. The summed E-state index contributed by atoms with van der Waals surface area (Å²) in [6, 6.07) is 14.1. The first kappa shape index (κ1) is 21.4. The Hall–Kier alpha value is -3.35. The van der Waals surface area contributed by atoms with Gasteiger partial charge in [0.05, 0.1) is 5.56 Å². The van der Waals surface area contributed by atoms with Crippen LogP contribution in [0.15, 0.2) is 48.5 Å². The fraction of sp³-hybridized carbons (Fsp3) is 0.348. The zero-order chi connectivity index (χ0) is 21.3. The Morgan fingerprint density at radius 2 is 1.60 bits per heavy atom. The van der Waals surface area contributed by atoms with Gasteiger partial charge in [0, 0.05) is 37.1 Å². The lowest BCUT2D eigenvalue weighted by Crippen LogP contribution is -2.24. The summed E-state index contributed by atoms with van der Waals surface area (Å²) in [5.41, 5.74) is 2.56. The molecule has 30 heavy (non-hydrogen) atoms. The van der Waals surface area contributed by atoms with Gasteiger partial charge in [0.2, 0.25) is 5.91 Å². The van der Waals surface area contributed by atoms with E-state index in [0.717, 1.165) is 18.8 Å². The smallest absolute Gasteiger partial charge is 0.338 e. The minimum atomic E-state index is -0.631. The maximum Gasteiger partial charge on any atom is 0.338 e. The lowest BCUT2D eigenvalue weighted by atomic mass is 10.2. The maximum absolute atomic E-state index is 12.2. The molecule has 1 aliphatic rings. The van der Waals surface area contributed by atoms with Crippen molar-refractivity contribution in [3.8, 4) is 0 Å². The molecule has 7 heteroatoms. The van der Waals surface area contributed by atoms with Gasteiger partial charge in [-0.25, -0.2) is 4.79 Å². The number of amides is 2. The van der Waals surface area contributed by atoms with Gasteiger partial charge in [-0.2, -0.15) is 0 Å². The first-order valence-corrected chi connectivity index (χ1v) is 10.2. The molecule has 1 aliphatic heterocycles. The number of hydrogen-bond donors (Lipinski definition) is 2. The highest BCUT2D eigenvalue weighted by atomic mass is 16.5. The Bertz CT molecular complexity index is 888. The number of rotatable bonds is 6. The standard InChI is InChI=1S/C23H27N3O4/c1-17(27)24-20-8-6-7-18(15-20)23(29)30-16-22(28)25-19-9-11-21(12-10-19)26-13-4-2-3-5-14-26/h6-12,15H,2-5,13-14,16H2,1H3,(H,24,27)(H,25,28). The molecule has 1 heterocycles. The molecule has 1 fully saturated rings. The summed E-state index contributed by atoms with van der Waals surface area (Å²) in [4.78, 5) is 37.8. The predicted octanol–water partition coefficient (Wildman–Crippen LogP) is 3.82. The second-order valence-corrected chi connectivity index (χ2v) is 7.33. The zero-order valence-electron chi connectivity index (χ0n) is 17.1. The van der Waals surface area contributed by atoms with Crippen molar-refractivity contribution in [2.75, 3.05) is 35.2 Å². The minimum Gasteiger partial charge on any atom is -0.452 e. The number of carbonyl (C=O) groups is 3. The van der Waals surface area contributed by atoms with Crippen LogP contribution in [0.5, 0.6) is 0 Å². The summed E-state index contributed by atoms with van der Waals surface area (Å²) >= 11 is 0. The van der Waals surface area contributed by atoms with E-state index in [0.29, 0.717) is 11.4 Å². The molecule has 2 N–H and O–H groups in total. The summed E-state index contributed by atoms with van der Waals surface area (Å²) in [5, 5.41) is 5.34. The molecular weight excluding hydrogens is 382 g/mol. The van der Waals surface area contributed by atoms with Gasteiger partial charge in [0.1, 0.15) is 0 Å². The molecule has 3 rings (SSSR count). The third kappa shape index (κ3) is 6.34. The van der Waals surface area contributed by atoms with Crippen molar-refractivity contribution in [2.24, 2.45) is 0 Å². The molecule has 1 saturated heterocycles. The molecule has 2 aromatic rings. The molecule has 2 amide bonds. The molecule has 0 radical (unpaired) electrons. The Labute approximate surface area is 176 Å². The Balaban J connectivity index is 1.49. The van der Waals surface area contributed by atoms with E-state index in [1.54, 1.807) is 18.2 Å². The first-order valence-electron chi connectivity index (χ1n) is 10.2. The van der Waals surface area contributed by atoms with Crippen LogP contribution in [0.25, 0.3) is 0 Å². The quantitative estimate of drug-likeness (QED) is 0.708. The number of benzene rings is 2. The predicted molar refractivity (Wildman–Crippen MR) is 117 cm³/mol. The largest absolute Gasteiger partial charge is 0.452 e. The summed E-state index contributed by atoms with van der Waals surface area (Å²) in [7, 11) is 0. The molecule has 0 atom stereocenters. The lowest BCUT2D eigenvalue weighted by molar-refractivity contribution is -0.119. The van der Waals surface area contributed by atoms with E-state index < -0.39 is 18.5 Å². The second kappa shape index (κ2) is 10.4. The number of nitrogens with zero attached hydrogens (tertiary/aromatic N) is 1. The van der Waals surface area contributed by atoms with Crippen LogP contribution < -0.4 is 15.5 Å². The molecule has 7 nitrogen and oxygen atoms in total. The zero-order valence-corrected chi connectivity index (χ0v) is 17.1. The van der Waals surface area contributed by atoms with E-state index in [9.17, 15) is 14.4 Å². The summed E-state index contributed by atoms with van der Waals surface area (Å²) < 4.78 is 5.08. The van der Waals surface area contributed by atoms with Gasteiger partial charge < -0.3 is 20.3 Å². The van der Waals surface area contributed by atoms with Gasteiger partial charge in [0.25, 0.3) is 5.91 Å². The summed E-state index contributed by atoms with van der Waals surface area (Å²) in [6.07, 6.45) is 4.97. The number of hydrogen-bond acceptors (Lipinski definition) is 5. The fourth-order valence-electron chi connectivity index (χ4n) is 3.42. The SMILES string of the molecule is CC(=O)Nc1cccc(C(=O)OCC(=O)Nc2ccc(N3CCCCCC3)cc2)c1. The van der Waals surface area contributed by atoms with Crippen LogP contribution in [-0.2, 0) is 14.3 Å². The summed E-state index contributed by atoms with van der Waals surface area (Å²) in [6.45, 7) is 3.11. The number of nitrogens with one attached hydrogen (secondary N) is 2. The van der Waals surface area contributed by atoms with Crippen LogP contribution in [0.2, 0.25) is 0 Å². The molecule has 0 aromatic heterocycles. The van der Waals surface area contributed by atoms with Crippen LogP contribution >= 0.6 is 0 Å². The molecule has 2 aromatic carbocycles.